The van der Waals surface area contributed by atoms with Gasteiger partial charge in [0.25, 0.3) is 5.91 Å². The Bertz CT molecular complexity index is 995. The Kier molecular flexibility index (Phi) is 6.46. The number of nitrogens with one attached hydrogen (secondary N) is 1. The minimum atomic E-state index is -0.729. The largest absolute Gasteiger partial charge is 0.479 e. The van der Waals surface area contributed by atoms with E-state index < -0.39 is 6.10 Å². The average molecular weight is 429 g/mol. The first kappa shape index (κ1) is 21.8. The molecule has 0 bridgehead atoms. The molecule has 1 heterocycles. The Labute approximate surface area is 181 Å². The molecule has 2 aromatic carbocycles. The molecule has 0 fully saturated rings. The van der Waals surface area contributed by atoms with Crippen molar-refractivity contribution in [2.75, 3.05) is 16.8 Å². The van der Waals surface area contributed by atoms with Gasteiger partial charge >= 0.3 is 0 Å². The second-order valence-electron chi connectivity index (χ2n) is 7.53. The molecular weight excluding hydrogens is 404 g/mol. The van der Waals surface area contributed by atoms with Crippen LogP contribution in [0, 0.1) is 13.8 Å². The number of nitrogens with zero attached hydrogens (tertiary/aromatic N) is 1. The minimum absolute atomic E-state index is 0.0159. The zero-order chi connectivity index (χ0) is 22.0. The normalized spacial score (nSPS) is 15.4. The summed E-state index contributed by atoms with van der Waals surface area (Å²) in [5.41, 5.74) is 3.26. The number of ether oxygens (including phenoxy) is 1. The first-order chi connectivity index (χ1) is 14.2. The van der Waals surface area contributed by atoms with Gasteiger partial charge in [-0.05, 0) is 62.6 Å². The molecule has 1 atom stereocenters. The Hall–Kier alpha value is -2.86. The highest BCUT2D eigenvalue weighted by Crippen LogP contribution is 2.35. The predicted molar refractivity (Wildman–Crippen MR) is 118 cm³/mol. The maximum atomic E-state index is 12.8. The van der Waals surface area contributed by atoms with Crippen LogP contribution >= 0.6 is 11.6 Å². The summed E-state index contributed by atoms with van der Waals surface area (Å²) in [6.07, 6.45) is 0.410. The van der Waals surface area contributed by atoms with Crippen molar-refractivity contribution in [2.24, 2.45) is 0 Å². The van der Waals surface area contributed by atoms with Crippen molar-refractivity contribution in [3.05, 3.63) is 52.0 Å². The lowest BCUT2D eigenvalue weighted by Gasteiger charge is -2.33. The molecule has 0 saturated heterocycles. The molecule has 0 radical (unpaired) electrons. The van der Waals surface area contributed by atoms with E-state index in [0.717, 1.165) is 17.5 Å². The van der Waals surface area contributed by atoms with Crippen molar-refractivity contribution < 1.29 is 19.1 Å². The monoisotopic (exact) mass is 428 g/mol. The van der Waals surface area contributed by atoms with Gasteiger partial charge in [0.05, 0.1) is 16.4 Å². The minimum Gasteiger partial charge on any atom is -0.479 e. The van der Waals surface area contributed by atoms with Gasteiger partial charge in [0, 0.05) is 12.0 Å². The maximum Gasteiger partial charge on any atom is 0.268 e. The second kappa shape index (κ2) is 8.88. The summed E-state index contributed by atoms with van der Waals surface area (Å²) in [6, 6.07) is 8.67. The summed E-state index contributed by atoms with van der Waals surface area (Å²) >= 11 is 6.29. The Morgan fingerprint density at radius 1 is 1.20 bits per heavy atom. The number of benzene rings is 2. The summed E-state index contributed by atoms with van der Waals surface area (Å²) < 4.78 is 5.66. The molecule has 2 aromatic rings. The number of ketones is 1. The van der Waals surface area contributed by atoms with Crippen LogP contribution in [-0.2, 0) is 9.59 Å². The Morgan fingerprint density at radius 3 is 2.60 bits per heavy atom. The first-order valence-corrected chi connectivity index (χ1v) is 10.3. The lowest BCUT2D eigenvalue weighted by molar-refractivity contribution is -0.127. The molecule has 1 aliphatic heterocycles. The number of amides is 2. The number of fused-ring (bicyclic) bond motifs is 1. The van der Waals surface area contributed by atoms with Gasteiger partial charge in [-0.3, -0.25) is 19.3 Å². The number of hydrogen-bond acceptors (Lipinski definition) is 4. The third-order valence-electron chi connectivity index (χ3n) is 4.96. The van der Waals surface area contributed by atoms with Crippen molar-refractivity contribution in [3.8, 4) is 5.75 Å². The van der Waals surface area contributed by atoms with E-state index in [4.69, 9.17) is 16.3 Å². The zero-order valence-corrected chi connectivity index (χ0v) is 18.3. The molecule has 1 aliphatic rings. The van der Waals surface area contributed by atoms with Gasteiger partial charge in [-0.25, -0.2) is 0 Å². The van der Waals surface area contributed by atoms with Crippen LogP contribution in [-0.4, -0.2) is 30.2 Å². The van der Waals surface area contributed by atoms with E-state index in [1.807, 2.05) is 26.8 Å². The third-order valence-corrected chi connectivity index (χ3v) is 5.26. The van der Waals surface area contributed by atoms with Crippen LogP contribution in [0.5, 0.6) is 5.75 Å². The zero-order valence-electron chi connectivity index (χ0n) is 17.5. The van der Waals surface area contributed by atoms with Gasteiger partial charge in [0.15, 0.2) is 11.9 Å². The summed E-state index contributed by atoms with van der Waals surface area (Å²) in [5, 5.41) is 3.24. The van der Waals surface area contributed by atoms with Crippen molar-refractivity contribution in [2.45, 2.75) is 46.6 Å². The molecular formula is C23H25ClN2O4. The van der Waals surface area contributed by atoms with Crippen LogP contribution < -0.4 is 15.0 Å². The topological polar surface area (TPSA) is 75.7 Å². The van der Waals surface area contributed by atoms with Gasteiger partial charge < -0.3 is 10.1 Å². The van der Waals surface area contributed by atoms with Crippen LogP contribution in [0.25, 0.3) is 0 Å². The van der Waals surface area contributed by atoms with Crippen LogP contribution in [0.3, 0.4) is 0 Å². The lowest BCUT2D eigenvalue weighted by atomic mass is 10.0. The standard InChI is InChI=1S/C23H25ClN2O4/c1-5-6-19(27)16-7-8-20-18(11-16)26(23(29)15(4)30-20)12-21(28)25-22-14(3)9-13(2)10-17(22)24/h7-11,15H,5-6,12H2,1-4H3,(H,25,28). The van der Waals surface area contributed by atoms with Crippen molar-refractivity contribution in [1.82, 2.24) is 0 Å². The van der Waals surface area contributed by atoms with Crippen LogP contribution in [0.1, 0.15) is 48.2 Å². The van der Waals surface area contributed by atoms with E-state index in [1.165, 1.54) is 4.90 Å². The van der Waals surface area contributed by atoms with Crippen LogP contribution in [0.15, 0.2) is 30.3 Å². The Morgan fingerprint density at radius 2 is 1.93 bits per heavy atom. The van der Waals surface area contributed by atoms with Crippen molar-refractivity contribution >= 4 is 40.6 Å². The Balaban J connectivity index is 1.88. The molecule has 158 valence electrons. The van der Waals surface area contributed by atoms with E-state index >= 15 is 0 Å². The molecule has 3 rings (SSSR count). The van der Waals surface area contributed by atoms with Gasteiger partial charge in [-0.2, -0.15) is 0 Å². The van der Waals surface area contributed by atoms with E-state index in [0.29, 0.717) is 34.1 Å². The fourth-order valence-corrected chi connectivity index (χ4v) is 3.88. The van der Waals surface area contributed by atoms with Crippen LogP contribution in [0.2, 0.25) is 5.02 Å². The number of aryl methyl sites for hydroxylation is 2. The number of halogens is 1. The molecule has 0 aliphatic carbocycles. The molecule has 6 nitrogen and oxygen atoms in total. The summed E-state index contributed by atoms with van der Waals surface area (Å²) in [6.45, 7) is 7.13. The van der Waals surface area contributed by atoms with Gasteiger partial charge in [0.1, 0.15) is 12.3 Å². The summed E-state index contributed by atoms with van der Waals surface area (Å²) in [7, 11) is 0. The molecule has 1 N–H and O–H groups in total. The summed E-state index contributed by atoms with van der Waals surface area (Å²) in [4.78, 5) is 39.2. The highest BCUT2D eigenvalue weighted by Gasteiger charge is 2.33. The average Bonchev–Trinajstić information content (AvgIpc) is 2.68. The van der Waals surface area contributed by atoms with E-state index in [-0.39, 0.29) is 24.1 Å². The van der Waals surface area contributed by atoms with E-state index in [2.05, 4.69) is 5.32 Å². The second-order valence-corrected chi connectivity index (χ2v) is 7.93. The van der Waals surface area contributed by atoms with Crippen LogP contribution in [0.4, 0.5) is 11.4 Å². The highest BCUT2D eigenvalue weighted by molar-refractivity contribution is 6.34. The number of anilines is 2. The number of hydrogen-bond donors (Lipinski definition) is 1. The highest BCUT2D eigenvalue weighted by atomic mass is 35.5. The fraction of sp³-hybridized carbons (Fsp3) is 0.348. The number of Topliss-reactive ketones (excluding diaryl/α,β-unsaturated/α-hetero) is 1. The smallest absolute Gasteiger partial charge is 0.268 e. The molecule has 0 aromatic heterocycles. The molecule has 0 saturated carbocycles. The first-order valence-electron chi connectivity index (χ1n) is 9.93. The number of carbonyl (C=O) groups excluding carboxylic acids is 3. The third kappa shape index (κ3) is 4.49. The van der Waals surface area contributed by atoms with Gasteiger partial charge in [-0.1, -0.05) is 24.6 Å². The predicted octanol–water partition coefficient (Wildman–Crippen LogP) is 4.69. The molecule has 1 unspecified atom stereocenters. The van der Waals surface area contributed by atoms with E-state index in [1.54, 1.807) is 31.2 Å². The molecule has 0 spiro atoms. The lowest BCUT2D eigenvalue weighted by Crippen LogP contribution is -2.47. The number of carbonyl (C=O) groups is 3. The van der Waals surface area contributed by atoms with E-state index in [9.17, 15) is 14.4 Å². The van der Waals surface area contributed by atoms with Crippen molar-refractivity contribution in [3.63, 3.8) is 0 Å². The quantitative estimate of drug-likeness (QED) is 0.677. The van der Waals surface area contributed by atoms with Gasteiger partial charge in [-0.15, -0.1) is 0 Å². The van der Waals surface area contributed by atoms with Crippen molar-refractivity contribution in [1.29, 1.82) is 0 Å². The van der Waals surface area contributed by atoms with Gasteiger partial charge in [0.2, 0.25) is 5.91 Å². The molecule has 7 heteroatoms. The fourth-order valence-electron chi connectivity index (χ4n) is 3.51. The molecule has 30 heavy (non-hydrogen) atoms. The SMILES string of the molecule is CCCC(=O)c1ccc2c(c1)N(CC(=O)Nc1c(C)cc(C)cc1Cl)C(=O)C(C)O2. The molecule has 2 amide bonds. The summed E-state index contributed by atoms with van der Waals surface area (Å²) in [5.74, 6) is -0.280. The maximum absolute atomic E-state index is 12.8. The number of rotatable bonds is 6.